The molecule has 2 heterocycles. The summed E-state index contributed by atoms with van der Waals surface area (Å²) in [5.41, 5.74) is 0.127. The highest BCUT2D eigenvalue weighted by Gasteiger charge is 2.32. The Morgan fingerprint density at radius 3 is 2.54 bits per heavy atom. The Hall–Kier alpha value is -3.67. The number of halogens is 6. The smallest absolute Gasteiger partial charge is 0.393 e. The highest BCUT2D eigenvalue weighted by atomic mass is 32.1. The van der Waals surface area contributed by atoms with Crippen LogP contribution in [-0.4, -0.2) is 75.6 Å². The maximum Gasteiger partial charge on any atom is 0.393 e. The predicted molar refractivity (Wildman–Crippen MR) is 165 cm³/mol. The number of carbonyl (C=O) groups is 1. The highest BCUT2D eigenvalue weighted by Crippen LogP contribution is 2.40. The molecule has 0 atom stereocenters. The molecule has 0 unspecified atom stereocenters. The zero-order valence-corrected chi connectivity index (χ0v) is 25.9. The SMILES string of the molecule is CNC(=O)c1cc(OC(F)F)c(NCC#Cc2sc3c(NC4CCC(N5CCOCC5)CC4)cccc3c2CC(F)(F)F)cc1F. The van der Waals surface area contributed by atoms with Crippen molar-refractivity contribution in [2.45, 2.75) is 57.0 Å². The van der Waals surface area contributed by atoms with Crippen LogP contribution in [0.3, 0.4) is 0 Å². The molecule has 3 aromatic rings. The Morgan fingerprint density at radius 2 is 1.87 bits per heavy atom. The molecule has 1 saturated carbocycles. The van der Waals surface area contributed by atoms with Crippen LogP contribution >= 0.6 is 11.3 Å². The Bertz CT molecular complexity index is 1590. The van der Waals surface area contributed by atoms with Gasteiger partial charge in [0.15, 0.2) is 0 Å². The molecule has 248 valence electrons. The van der Waals surface area contributed by atoms with E-state index in [1.165, 1.54) is 7.05 Å². The lowest BCUT2D eigenvalue weighted by Crippen LogP contribution is -2.46. The lowest BCUT2D eigenvalue weighted by atomic mass is 9.89. The van der Waals surface area contributed by atoms with Crippen LogP contribution in [0.15, 0.2) is 30.3 Å². The van der Waals surface area contributed by atoms with Crippen LogP contribution < -0.4 is 20.7 Å². The molecule has 0 spiro atoms. The van der Waals surface area contributed by atoms with E-state index in [9.17, 15) is 31.1 Å². The van der Waals surface area contributed by atoms with Crippen molar-refractivity contribution in [3.05, 3.63) is 52.2 Å². The lowest BCUT2D eigenvalue weighted by molar-refractivity contribution is -0.127. The van der Waals surface area contributed by atoms with Gasteiger partial charge < -0.3 is 25.4 Å². The summed E-state index contributed by atoms with van der Waals surface area (Å²) in [7, 11) is 1.26. The van der Waals surface area contributed by atoms with E-state index in [0.29, 0.717) is 16.1 Å². The van der Waals surface area contributed by atoms with Gasteiger partial charge in [0, 0.05) is 38.3 Å². The first-order valence-corrected chi connectivity index (χ1v) is 15.8. The van der Waals surface area contributed by atoms with Gasteiger partial charge in [-0.2, -0.15) is 22.0 Å². The molecule has 1 saturated heterocycles. The molecular weight excluding hydrogens is 634 g/mol. The summed E-state index contributed by atoms with van der Waals surface area (Å²) in [4.78, 5) is 14.6. The van der Waals surface area contributed by atoms with Gasteiger partial charge >= 0.3 is 12.8 Å². The summed E-state index contributed by atoms with van der Waals surface area (Å²) in [6, 6.07) is 7.62. The summed E-state index contributed by atoms with van der Waals surface area (Å²) < 4.78 is 92.2. The van der Waals surface area contributed by atoms with Crippen molar-refractivity contribution >= 4 is 38.7 Å². The number of nitrogens with zero attached hydrogens (tertiary/aromatic N) is 1. The van der Waals surface area contributed by atoms with Gasteiger partial charge in [-0.15, -0.1) is 11.3 Å². The average molecular weight is 669 g/mol. The van der Waals surface area contributed by atoms with E-state index < -0.39 is 42.2 Å². The molecule has 1 aliphatic carbocycles. The molecule has 0 bridgehead atoms. The minimum absolute atomic E-state index is 0.0578. The van der Waals surface area contributed by atoms with Crippen LogP contribution in [0.1, 0.15) is 46.5 Å². The molecule has 3 N–H and O–H groups in total. The van der Waals surface area contributed by atoms with E-state index in [2.05, 4.69) is 37.4 Å². The second-order valence-electron chi connectivity index (χ2n) is 11.1. The molecule has 1 amide bonds. The first-order valence-electron chi connectivity index (χ1n) is 14.9. The second kappa shape index (κ2) is 14.8. The Labute approximate surface area is 266 Å². The number of morpholine rings is 1. The maximum atomic E-state index is 14.5. The van der Waals surface area contributed by atoms with Gasteiger partial charge in [-0.1, -0.05) is 24.0 Å². The standard InChI is InChI=1S/C32H34F6N4O3S/c1-39-30(43)22-16-27(45-31(34)35)26(17-24(22)33)40-11-3-6-28-23(18-32(36,37)38)21-4-2-5-25(29(21)46-28)41-19-7-9-20(10-8-19)42-12-14-44-15-13-42/h2,4-5,16-17,19-20,31,40-41H,7-15,18H2,1H3,(H,39,43). The van der Waals surface area contributed by atoms with Crippen LogP contribution in [0.2, 0.25) is 0 Å². The van der Waals surface area contributed by atoms with Crippen molar-refractivity contribution in [2.24, 2.45) is 0 Å². The maximum absolute atomic E-state index is 14.5. The van der Waals surface area contributed by atoms with Crippen LogP contribution in [-0.2, 0) is 11.2 Å². The van der Waals surface area contributed by atoms with Crippen LogP contribution in [0, 0.1) is 17.7 Å². The number of nitrogens with one attached hydrogen (secondary N) is 3. The zero-order chi connectivity index (χ0) is 32.8. The third-order valence-electron chi connectivity index (χ3n) is 8.14. The fraction of sp³-hybridized carbons (Fsp3) is 0.469. The quantitative estimate of drug-likeness (QED) is 0.176. The first-order chi connectivity index (χ1) is 22.0. The number of alkyl halides is 5. The number of rotatable bonds is 9. The fourth-order valence-electron chi connectivity index (χ4n) is 5.97. The van der Waals surface area contributed by atoms with Crippen molar-refractivity contribution in [3.63, 3.8) is 0 Å². The van der Waals surface area contributed by atoms with Crippen LogP contribution in [0.25, 0.3) is 10.1 Å². The van der Waals surface area contributed by atoms with Gasteiger partial charge in [0.25, 0.3) is 5.91 Å². The summed E-state index contributed by atoms with van der Waals surface area (Å²) in [5, 5.41) is 8.91. The molecule has 1 aromatic heterocycles. The van der Waals surface area contributed by atoms with E-state index >= 15 is 0 Å². The van der Waals surface area contributed by atoms with Gasteiger partial charge in [-0.05, 0) is 48.8 Å². The molecule has 1 aliphatic heterocycles. The summed E-state index contributed by atoms with van der Waals surface area (Å²) in [5.74, 6) is 3.23. The molecule has 2 aliphatic rings. The molecule has 2 fully saturated rings. The highest BCUT2D eigenvalue weighted by molar-refractivity contribution is 7.20. The predicted octanol–water partition coefficient (Wildman–Crippen LogP) is 6.63. The molecule has 46 heavy (non-hydrogen) atoms. The van der Waals surface area contributed by atoms with Crippen molar-refractivity contribution in [3.8, 4) is 17.6 Å². The monoisotopic (exact) mass is 668 g/mol. The van der Waals surface area contributed by atoms with Gasteiger partial charge in [0.1, 0.15) is 11.6 Å². The van der Waals surface area contributed by atoms with Gasteiger partial charge in [-0.25, -0.2) is 4.39 Å². The van der Waals surface area contributed by atoms with Gasteiger partial charge in [0.2, 0.25) is 0 Å². The molecular formula is C32H34F6N4O3S. The molecule has 5 rings (SSSR count). The molecule has 0 radical (unpaired) electrons. The molecule has 2 aromatic carbocycles. The number of fused-ring (bicyclic) bond motifs is 1. The molecule has 7 nitrogen and oxygen atoms in total. The number of amides is 1. The lowest BCUT2D eigenvalue weighted by Gasteiger charge is -2.39. The van der Waals surface area contributed by atoms with E-state index in [-0.39, 0.29) is 28.7 Å². The summed E-state index contributed by atoms with van der Waals surface area (Å²) in [6.45, 7) is -0.109. The molecule has 14 heteroatoms. The van der Waals surface area contributed by atoms with Crippen LogP contribution in [0.4, 0.5) is 37.7 Å². The Balaban J connectivity index is 1.34. The van der Waals surface area contributed by atoms with Crippen molar-refractivity contribution in [2.75, 3.05) is 50.5 Å². The number of hydrogen-bond acceptors (Lipinski definition) is 7. The average Bonchev–Trinajstić information content (AvgIpc) is 3.37. The van der Waals surface area contributed by atoms with E-state index in [1.54, 1.807) is 12.1 Å². The second-order valence-corrected chi connectivity index (χ2v) is 12.1. The Morgan fingerprint density at radius 1 is 1.13 bits per heavy atom. The van der Waals surface area contributed by atoms with E-state index in [0.717, 1.165) is 81.1 Å². The number of benzene rings is 2. The van der Waals surface area contributed by atoms with E-state index in [1.807, 2.05) is 6.07 Å². The number of ether oxygens (including phenoxy) is 2. The summed E-state index contributed by atoms with van der Waals surface area (Å²) >= 11 is 1.16. The minimum atomic E-state index is -4.48. The largest absolute Gasteiger partial charge is 0.433 e. The first kappa shape index (κ1) is 33.7. The number of thiophene rings is 1. The third kappa shape index (κ3) is 8.37. The normalized spacial score (nSPS) is 19.0. The third-order valence-corrected chi connectivity index (χ3v) is 9.34. The number of anilines is 2. The van der Waals surface area contributed by atoms with Crippen molar-refractivity contribution in [1.29, 1.82) is 0 Å². The van der Waals surface area contributed by atoms with Crippen LogP contribution in [0.5, 0.6) is 5.75 Å². The minimum Gasteiger partial charge on any atom is -0.433 e. The van der Waals surface area contributed by atoms with Gasteiger partial charge in [-0.3, -0.25) is 9.69 Å². The Kier molecular flexibility index (Phi) is 10.9. The number of hydrogen-bond donors (Lipinski definition) is 3. The zero-order valence-electron chi connectivity index (χ0n) is 25.0. The van der Waals surface area contributed by atoms with Gasteiger partial charge in [0.05, 0.1) is 52.7 Å². The number of carbonyl (C=O) groups excluding carboxylic acids is 1. The topological polar surface area (TPSA) is 74.9 Å². The summed E-state index contributed by atoms with van der Waals surface area (Å²) in [6.07, 6.45) is -1.70. The fourth-order valence-corrected chi connectivity index (χ4v) is 7.14. The van der Waals surface area contributed by atoms with E-state index in [4.69, 9.17) is 4.74 Å². The van der Waals surface area contributed by atoms with Crippen molar-refractivity contribution in [1.82, 2.24) is 10.2 Å². The van der Waals surface area contributed by atoms with Crippen molar-refractivity contribution < 1.29 is 40.6 Å².